The largest absolute Gasteiger partial charge is 0.491 e. The zero-order valence-corrected chi connectivity index (χ0v) is 20.5. The van der Waals surface area contributed by atoms with Gasteiger partial charge in [0.2, 0.25) is 0 Å². The quantitative estimate of drug-likeness (QED) is 0.372. The third-order valence-corrected chi connectivity index (χ3v) is 7.24. The fourth-order valence-corrected chi connectivity index (χ4v) is 4.69. The number of fused-ring (bicyclic) bond motifs is 1. The summed E-state index contributed by atoms with van der Waals surface area (Å²) in [6, 6.07) is 14.4. The molecule has 1 heterocycles. The average molecular weight is 455 g/mol. The minimum Gasteiger partial charge on any atom is -0.491 e. The molecule has 2 atom stereocenters. The number of hydrogen-bond donors (Lipinski definition) is 2. The molecule has 2 N–H and O–H groups in total. The number of aliphatic hydroxyl groups excluding tert-OH is 1. The van der Waals surface area contributed by atoms with Crippen LogP contribution in [0.3, 0.4) is 0 Å². The van der Waals surface area contributed by atoms with Crippen LogP contribution in [-0.2, 0) is 6.42 Å². The average Bonchev–Trinajstić information content (AvgIpc) is 3.16. The third kappa shape index (κ3) is 5.90. The lowest BCUT2D eigenvalue weighted by molar-refractivity contribution is 0.0216. The topological polar surface area (TPSA) is 66.8 Å². The molecule has 0 spiro atoms. The normalized spacial score (nSPS) is 13.8. The van der Waals surface area contributed by atoms with Gasteiger partial charge in [0.25, 0.3) is 0 Å². The lowest BCUT2D eigenvalue weighted by atomic mass is 9.89. The van der Waals surface area contributed by atoms with E-state index in [1.165, 1.54) is 22.5 Å². The van der Waals surface area contributed by atoms with Crippen molar-refractivity contribution >= 4 is 27.4 Å². The molecule has 2 aromatic carbocycles. The number of thiophene rings is 1. The molecule has 32 heavy (non-hydrogen) atoms. The number of carbonyl (C=O) groups is 1. The van der Waals surface area contributed by atoms with E-state index >= 15 is 0 Å². The predicted molar refractivity (Wildman–Crippen MR) is 132 cm³/mol. The monoisotopic (exact) mass is 454 g/mol. The van der Waals surface area contributed by atoms with Gasteiger partial charge in [-0.25, -0.2) is 4.79 Å². The summed E-state index contributed by atoms with van der Waals surface area (Å²) in [6.45, 7) is 10.6. The number of ether oxygens (including phenoxy) is 1. The van der Waals surface area contributed by atoms with Crippen LogP contribution in [0, 0.1) is 12.3 Å². The molecule has 172 valence electrons. The Labute approximate surface area is 194 Å². The van der Waals surface area contributed by atoms with E-state index in [2.05, 4.69) is 38.1 Å². The fraction of sp³-hybridized carbons (Fsp3) is 0.444. The Morgan fingerprint density at radius 1 is 1.12 bits per heavy atom. The molecule has 0 saturated carbocycles. The number of rotatable bonds is 9. The predicted octanol–water partition coefficient (Wildman–Crippen LogP) is 6.82. The van der Waals surface area contributed by atoms with Crippen LogP contribution in [0.25, 0.3) is 10.1 Å². The molecule has 0 aliphatic carbocycles. The number of aromatic carboxylic acids is 1. The Kier molecular flexibility index (Phi) is 7.63. The standard InChI is InChI=1S/C27H34O4S/c1-6-19(9-7-18-8-12-23-21(14-18)15-24(32-23)26(29)30)20-10-11-22(17(2)13-20)31-16-25(28)27(3,4)5/h8,10-15,19,25,28H,6-7,9,16H2,1-5H3,(H,29,30). The summed E-state index contributed by atoms with van der Waals surface area (Å²) in [4.78, 5) is 11.6. The Bertz CT molecular complexity index is 1080. The molecule has 0 saturated heterocycles. The Morgan fingerprint density at radius 3 is 2.50 bits per heavy atom. The summed E-state index contributed by atoms with van der Waals surface area (Å²) >= 11 is 1.32. The van der Waals surface area contributed by atoms with Gasteiger partial charge in [-0.05, 0) is 77.8 Å². The number of carboxylic acid groups (broad SMARTS) is 1. The second-order valence-corrected chi connectivity index (χ2v) is 10.7. The van der Waals surface area contributed by atoms with Gasteiger partial charge in [-0.2, -0.15) is 0 Å². The van der Waals surface area contributed by atoms with E-state index in [-0.39, 0.29) is 12.0 Å². The van der Waals surface area contributed by atoms with Gasteiger partial charge < -0.3 is 14.9 Å². The summed E-state index contributed by atoms with van der Waals surface area (Å²) in [6.07, 6.45) is 2.51. The lowest BCUT2D eigenvalue weighted by Gasteiger charge is -2.26. The molecule has 0 amide bonds. The first-order valence-electron chi connectivity index (χ1n) is 11.3. The second kappa shape index (κ2) is 10.1. The summed E-state index contributed by atoms with van der Waals surface area (Å²) in [7, 11) is 0. The van der Waals surface area contributed by atoms with E-state index in [0.717, 1.165) is 40.7 Å². The second-order valence-electron chi connectivity index (χ2n) is 9.65. The molecular weight excluding hydrogens is 420 g/mol. The van der Waals surface area contributed by atoms with Crippen LogP contribution in [0.5, 0.6) is 5.75 Å². The van der Waals surface area contributed by atoms with E-state index in [1.807, 2.05) is 32.9 Å². The number of hydrogen-bond acceptors (Lipinski definition) is 4. The minimum atomic E-state index is -0.866. The molecule has 0 radical (unpaired) electrons. The Balaban J connectivity index is 1.66. The van der Waals surface area contributed by atoms with Crippen molar-refractivity contribution in [2.45, 2.75) is 65.9 Å². The van der Waals surface area contributed by atoms with E-state index in [9.17, 15) is 15.0 Å². The highest BCUT2D eigenvalue weighted by atomic mass is 32.1. The highest BCUT2D eigenvalue weighted by molar-refractivity contribution is 7.20. The molecule has 3 rings (SSSR count). The first-order valence-corrected chi connectivity index (χ1v) is 12.1. The van der Waals surface area contributed by atoms with Crippen LogP contribution < -0.4 is 4.74 Å². The number of aryl methyl sites for hydroxylation is 2. The maximum absolute atomic E-state index is 11.2. The molecule has 0 aliphatic heterocycles. The zero-order valence-electron chi connectivity index (χ0n) is 19.6. The van der Waals surface area contributed by atoms with Crippen LogP contribution in [0.2, 0.25) is 0 Å². The van der Waals surface area contributed by atoms with E-state index < -0.39 is 12.1 Å². The van der Waals surface area contributed by atoms with Crippen LogP contribution >= 0.6 is 11.3 Å². The van der Waals surface area contributed by atoms with Gasteiger partial charge in [0.15, 0.2) is 0 Å². The highest BCUT2D eigenvalue weighted by Gasteiger charge is 2.23. The molecule has 0 aliphatic rings. The van der Waals surface area contributed by atoms with Crippen molar-refractivity contribution in [3.05, 3.63) is 64.0 Å². The smallest absolute Gasteiger partial charge is 0.345 e. The first kappa shape index (κ1) is 24.3. The molecule has 4 nitrogen and oxygen atoms in total. The lowest BCUT2D eigenvalue weighted by Crippen LogP contribution is -2.32. The SMILES string of the molecule is CCC(CCc1ccc2sc(C(=O)O)cc2c1)c1ccc(OCC(O)C(C)(C)C)c(C)c1. The highest BCUT2D eigenvalue weighted by Crippen LogP contribution is 2.31. The van der Waals surface area contributed by atoms with Crippen LogP contribution in [0.15, 0.2) is 42.5 Å². The maximum Gasteiger partial charge on any atom is 0.345 e. The van der Waals surface area contributed by atoms with E-state index in [0.29, 0.717) is 10.8 Å². The Hall–Kier alpha value is -2.37. The van der Waals surface area contributed by atoms with Gasteiger partial charge in [-0.15, -0.1) is 11.3 Å². The van der Waals surface area contributed by atoms with Gasteiger partial charge in [0.05, 0.1) is 6.10 Å². The molecular formula is C27H34O4S. The Morgan fingerprint density at radius 2 is 1.88 bits per heavy atom. The molecule has 2 unspecified atom stereocenters. The fourth-order valence-electron chi connectivity index (χ4n) is 3.81. The van der Waals surface area contributed by atoms with Crippen LogP contribution in [0.4, 0.5) is 0 Å². The first-order chi connectivity index (χ1) is 15.1. The minimum absolute atomic E-state index is 0.206. The van der Waals surface area contributed by atoms with Gasteiger partial charge in [-0.3, -0.25) is 0 Å². The summed E-state index contributed by atoms with van der Waals surface area (Å²) < 4.78 is 6.91. The molecule has 0 bridgehead atoms. The van der Waals surface area contributed by atoms with Crippen molar-refractivity contribution in [1.82, 2.24) is 0 Å². The summed E-state index contributed by atoms with van der Waals surface area (Å²) in [5, 5.41) is 20.5. The van der Waals surface area contributed by atoms with E-state index in [1.54, 1.807) is 6.07 Å². The zero-order chi connectivity index (χ0) is 23.5. The number of aliphatic hydroxyl groups is 1. The van der Waals surface area contributed by atoms with Gasteiger partial charge >= 0.3 is 5.97 Å². The molecule has 1 aromatic heterocycles. The van der Waals surface area contributed by atoms with Crippen molar-refractivity contribution in [1.29, 1.82) is 0 Å². The number of carboxylic acids is 1. The van der Waals surface area contributed by atoms with Crippen molar-refractivity contribution in [3.63, 3.8) is 0 Å². The van der Waals surface area contributed by atoms with Gasteiger partial charge in [-0.1, -0.05) is 52.0 Å². The maximum atomic E-state index is 11.2. The van der Waals surface area contributed by atoms with Crippen molar-refractivity contribution in [3.8, 4) is 5.75 Å². The molecule has 3 aromatic rings. The molecule has 0 fully saturated rings. The van der Waals surface area contributed by atoms with Gasteiger partial charge in [0, 0.05) is 4.70 Å². The van der Waals surface area contributed by atoms with Crippen LogP contribution in [0.1, 0.15) is 72.8 Å². The van der Waals surface area contributed by atoms with Crippen molar-refractivity contribution in [2.24, 2.45) is 5.41 Å². The van der Waals surface area contributed by atoms with E-state index in [4.69, 9.17) is 4.74 Å². The summed E-state index contributed by atoms with van der Waals surface area (Å²) in [5.74, 6) is 0.397. The van der Waals surface area contributed by atoms with Gasteiger partial charge in [0.1, 0.15) is 17.2 Å². The summed E-state index contributed by atoms with van der Waals surface area (Å²) in [5.41, 5.74) is 3.42. The van der Waals surface area contributed by atoms with Crippen molar-refractivity contribution in [2.75, 3.05) is 6.61 Å². The van der Waals surface area contributed by atoms with Crippen LogP contribution in [-0.4, -0.2) is 28.9 Å². The third-order valence-electron chi connectivity index (χ3n) is 6.13. The molecule has 5 heteroatoms. The van der Waals surface area contributed by atoms with Crippen molar-refractivity contribution < 1.29 is 19.7 Å². The number of benzene rings is 2.